The molecule has 0 heterocycles. The van der Waals surface area contributed by atoms with E-state index < -0.39 is 0 Å². The van der Waals surface area contributed by atoms with Crippen molar-refractivity contribution in [1.29, 1.82) is 0 Å². The van der Waals surface area contributed by atoms with Gasteiger partial charge in [0, 0.05) is 24.5 Å². The van der Waals surface area contributed by atoms with Crippen LogP contribution < -0.4 is 11.2 Å². The van der Waals surface area contributed by atoms with Gasteiger partial charge in [-0.1, -0.05) is 18.2 Å². The molecule has 0 aliphatic rings. The summed E-state index contributed by atoms with van der Waals surface area (Å²) in [5.41, 5.74) is 11.6. The molecule has 0 fully saturated rings. The Morgan fingerprint density at radius 1 is 1.24 bits per heavy atom. The molecule has 0 bridgehead atoms. The summed E-state index contributed by atoms with van der Waals surface area (Å²) in [4.78, 5) is 4.14. The third-order valence-electron chi connectivity index (χ3n) is 2.96. The monoisotopic (exact) mass is 284 g/mol. The molecule has 0 amide bonds. The van der Waals surface area contributed by atoms with E-state index in [1.807, 2.05) is 18.2 Å². The molecule has 0 saturated heterocycles. The van der Waals surface area contributed by atoms with Gasteiger partial charge in [0.05, 0.1) is 0 Å². The van der Waals surface area contributed by atoms with Crippen molar-refractivity contribution < 1.29 is 4.39 Å². The Morgan fingerprint density at radius 3 is 2.71 bits per heavy atom. The van der Waals surface area contributed by atoms with Crippen LogP contribution in [0.2, 0.25) is 0 Å². The fourth-order valence-electron chi connectivity index (χ4n) is 2.03. The van der Waals surface area contributed by atoms with Crippen molar-refractivity contribution in [2.45, 2.75) is 6.92 Å². The van der Waals surface area contributed by atoms with Crippen molar-refractivity contribution in [3.63, 3.8) is 0 Å². The van der Waals surface area contributed by atoms with Gasteiger partial charge in [-0.2, -0.15) is 5.10 Å². The lowest BCUT2D eigenvalue weighted by Crippen LogP contribution is -2.20. The lowest BCUT2D eigenvalue weighted by Gasteiger charge is -2.12. The zero-order valence-electron chi connectivity index (χ0n) is 12.0. The van der Waals surface area contributed by atoms with E-state index in [4.69, 9.17) is 5.73 Å². The highest BCUT2D eigenvalue weighted by atomic mass is 19.1. The van der Waals surface area contributed by atoms with Crippen molar-refractivity contribution in [2.24, 2.45) is 10.1 Å². The Bertz CT molecular complexity index is 692. The highest BCUT2D eigenvalue weighted by Gasteiger charge is 2.12. The zero-order valence-corrected chi connectivity index (χ0v) is 12.0. The molecule has 0 unspecified atom stereocenters. The van der Waals surface area contributed by atoms with Gasteiger partial charge in [-0.25, -0.2) is 4.39 Å². The number of nitrogens with two attached hydrogens (primary N) is 1. The minimum atomic E-state index is -0.332. The number of halogens is 1. The summed E-state index contributed by atoms with van der Waals surface area (Å²) >= 11 is 0. The second-order valence-corrected chi connectivity index (χ2v) is 4.39. The van der Waals surface area contributed by atoms with Gasteiger partial charge in [0.25, 0.3) is 0 Å². The third-order valence-corrected chi connectivity index (χ3v) is 2.96. The standard InChI is InChI=1S/C16H17FN4/c1-3-20-21-16(19-2)15-10-12(17)7-8-14(15)11-5-4-6-13(18)9-11/h3-10H,18H2,1-2H3,(H,19,21)/b20-3-. The Balaban J connectivity index is 2.57. The van der Waals surface area contributed by atoms with Crippen molar-refractivity contribution in [2.75, 3.05) is 12.8 Å². The Hall–Kier alpha value is -2.69. The van der Waals surface area contributed by atoms with Crippen LogP contribution in [0.15, 0.2) is 52.6 Å². The maximum atomic E-state index is 13.6. The minimum absolute atomic E-state index is 0.332. The number of hydrogen-bond acceptors (Lipinski definition) is 3. The van der Waals surface area contributed by atoms with Gasteiger partial charge in [0.2, 0.25) is 0 Å². The van der Waals surface area contributed by atoms with E-state index in [-0.39, 0.29) is 5.82 Å². The first kappa shape index (κ1) is 14.7. The minimum Gasteiger partial charge on any atom is -0.399 e. The van der Waals surface area contributed by atoms with Gasteiger partial charge in [0.15, 0.2) is 0 Å². The number of nitrogens with one attached hydrogen (secondary N) is 1. The molecule has 0 saturated carbocycles. The first-order valence-corrected chi connectivity index (χ1v) is 6.52. The van der Waals surface area contributed by atoms with Crippen molar-refractivity contribution in [3.8, 4) is 11.1 Å². The fraction of sp³-hybridized carbons (Fsp3) is 0.125. The van der Waals surface area contributed by atoms with Crippen LogP contribution in [0.3, 0.4) is 0 Å². The maximum Gasteiger partial charge on any atom is 0.149 e. The molecule has 3 N–H and O–H groups in total. The number of rotatable bonds is 3. The maximum absolute atomic E-state index is 13.6. The van der Waals surface area contributed by atoms with Crippen LogP contribution in [0.1, 0.15) is 12.5 Å². The molecule has 0 aromatic heterocycles. The quantitative estimate of drug-likeness (QED) is 0.394. The van der Waals surface area contributed by atoms with Crippen LogP contribution in [-0.2, 0) is 0 Å². The van der Waals surface area contributed by atoms with E-state index >= 15 is 0 Å². The van der Waals surface area contributed by atoms with Crippen molar-refractivity contribution in [3.05, 3.63) is 53.8 Å². The predicted molar refractivity (Wildman–Crippen MR) is 86.0 cm³/mol. The highest BCUT2D eigenvalue weighted by molar-refractivity contribution is 6.04. The van der Waals surface area contributed by atoms with Crippen LogP contribution in [0.5, 0.6) is 0 Å². The molecule has 0 atom stereocenters. The molecule has 4 nitrogen and oxygen atoms in total. The summed E-state index contributed by atoms with van der Waals surface area (Å²) in [7, 11) is 1.63. The summed E-state index contributed by atoms with van der Waals surface area (Å²) in [6.45, 7) is 1.78. The van der Waals surface area contributed by atoms with E-state index in [0.29, 0.717) is 17.1 Å². The molecule has 5 heteroatoms. The van der Waals surface area contributed by atoms with Crippen LogP contribution >= 0.6 is 0 Å². The molecule has 21 heavy (non-hydrogen) atoms. The number of nitrogens with zero attached hydrogens (tertiary/aromatic N) is 2. The Labute approximate surface area is 123 Å². The summed E-state index contributed by atoms with van der Waals surface area (Å²) < 4.78 is 13.6. The summed E-state index contributed by atoms with van der Waals surface area (Å²) in [5.74, 6) is 0.158. The normalized spacial score (nSPS) is 11.9. The smallest absolute Gasteiger partial charge is 0.149 e. The van der Waals surface area contributed by atoms with Gasteiger partial charge in [-0.15, -0.1) is 0 Å². The average Bonchev–Trinajstić information content (AvgIpc) is 2.48. The topological polar surface area (TPSA) is 62.8 Å². The number of aliphatic imine (C=N–C) groups is 1. The number of anilines is 1. The van der Waals surface area contributed by atoms with Crippen LogP contribution in [-0.4, -0.2) is 19.1 Å². The highest BCUT2D eigenvalue weighted by Crippen LogP contribution is 2.26. The van der Waals surface area contributed by atoms with Gasteiger partial charge in [-0.05, 0) is 42.3 Å². The molecule has 2 aromatic rings. The Morgan fingerprint density at radius 2 is 2.05 bits per heavy atom. The van der Waals surface area contributed by atoms with Crippen LogP contribution in [0, 0.1) is 5.82 Å². The van der Waals surface area contributed by atoms with E-state index in [1.165, 1.54) is 12.1 Å². The second-order valence-electron chi connectivity index (χ2n) is 4.39. The van der Waals surface area contributed by atoms with E-state index in [2.05, 4.69) is 15.5 Å². The van der Waals surface area contributed by atoms with E-state index in [1.54, 1.807) is 32.3 Å². The number of hydrogen-bond donors (Lipinski definition) is 2. The predicted octanol–water partition coefficient (Wildman–Crippen LogP) is 3.05. The molecule has 0 aliphatic heterocycles. The summed E-state index contributed by atoms with van der Waals surface area (Å²) in [5, 5.41) is 3.95. The molecule has 108 valence electrons. The van der Waals surface area contributed by atoms with Gasteiger partial charge in [-0.3, -0.25) is 10.4 Å². The number of benzene rings is 2. The fourth-order valence-corrected chi connectivity index (χ4v) is 2.03. The lowest BCUT2D eigenvalue weighted by molar-refractivity contribution is 0.627. The molecule has 0 radical (unpaired) electrons. The SMILES string of the molecule is C/C=N\NC(=NC)c1cc(F)ccc1-c1cccc(N)c1. The molecule has 2 aromatic carbocycles. The van der Waals surface area contributed by atoms with Gasteiger partial charge < -0.3 is 5.73 Å². The zero-order chi connectivity index (χ0) is 15.2. The van der Waals surface area contributed by atoms with Crippen molar-refractivity contribution >= 4 is 17.7 Å². The van der Waals surface area contributed by atoms with Gasteiger partial charge in [0.1, 0.15) is 11.7 Å². The summed E-state index contributed by atoms with van der Waals surface area (Å²) in [6.07, 6.45) is 1.60. The Kier molecular flexibility index (Phi) is 4.66. The van der Waals surface area contributed by atoms with Crippen LogP contribution in [0.25, 0.3) is 11.1 Å². The number of amidine groups is 1. The largest absolute Gasteiger partial charge is 0.399 e. The number of nitrogen functional groups attached to an aromatic ring is 1. The molecule has 0 spiro atoms. The molecule has 2 rings (SSSR count). The lowest BCUT2D eigenvalue weighted by atomic mass is 9.98. The van der Waals surface area contributed by atoms with Crippen molar-refractivity contribution in [1.82, 2.24) is 5.43 Å². The van der Waals surface area contributed by atoms with Gasteiger partial charge >= 0.3 is 0 Å². The first-order chi connectivity index (χ1) is 10.2. The molecule has 0 aliphatic carbocycles. The first-order valence-electron chi connectivity index (χ1n) is 6.52. The van der Waals surface area contributed by atoms with Crippen LogP contribution in [0.4, 0.5) is 10.1 Å². The van der Waals surface area contributed by atoms with E-state index in [0.717, 1.165) is 11.1 Å². The second kappa shape index (κ2) is 6.65. The molecular formula is C16H17FN4. The third kappa shape index (κ3) is 3.45. The summed E-state index contributed by atoms with van der Waals surface area (Å²) in [6, 6.07) is 12.0. The molecular weight excluding hydrogens is 267 g/mol. The number of hydrazone groups is 1. The van der Waals surface area contributed by atoms with E-state index in [9.17, 15) is 4.39 Å². The average molecular weight is 284 g/mol.